The van der Waals surface area contributed by atoms with E-state index in [1.165, 1.54) is 5.56 Å². The van der Waals surface area contributed by atoms with Crippen molar-refractivity contribution in [1.29, 1.82) is 0 Å². The van der Waals surface area contributed by atoms with Gasteiger partial charge in [-0.15, -0.1) is 0 Å². The molecule has 0 saturated carbocycles. The van der Waals surface area contributed by atoms with Crippen molar-refractivity contribution < 1.29 is 4.42 Å². The van der Waals surface area contributed by atoms with Crippen molar-refractivity contribution >= 4 is 11.1 Å². The molecule has 0 unspecified atom stereocenters. The minimum Gasteiger partial charge on any atom is -0.436 e. The first kappa shape index (κ1) is 11.9. The number of rotatable bonds is 1. The minimum atomic E-state index is 0.0330. The van der Waals surface area contributed by atoms with Gasteiger partial charge in [0.1, 0.15) is 5.52 Å². The predicted octanol–water partition coefficient (Wildman–Crippen LogP) is 4.19. The highest BCUT2D eigenvalue weighted by Gasteiger charge is 2.20. The Morgan fingerprint density at radius 3 is 2.58 bits per heavy atom. The van der Waals surface area contributed by atoms with Gasteiger partial charge in [0.25, 0.3) is 0 Å². The zero-order valence-corrected chi connectivity index (χ0v) is 11.3. The van der Waals surface area contributed by atoms with Gasteiger partial charge < -0.3 is 4.42 Å². The van der Waals surface area contributed by atoms with E-state index in [0.717, 1.165) is 16.7 Å². The van der Waals surface area contributed by atoms with Crippen molar-refractivity contribution in [2.45, 2.75) is 26.2 Å². The van der Waals surface area contributed by atoms with E-state index in [2.05, 4.69) is 36.8 Å². The monoisotopic (exact) mass is 252 g/mol. The van der Waals surface area contributed by atoms with E-state index in [1.807, 2.05) is 24.3 Å². The second-order valence-corrected chi connectivity index (χ2v) is 5.66. The fraction of sp³-hybridized carbons (Fsp3) is 0.250. The molecule has 3 rings (SSSR count). The predicted molar refractivity (Wildman–Crippen MR) is 75.9 cm³/mol. The molecule has 19 heavy (non-hydrogen) atoms. The van der Waals surface area contributed by atoms with E-state index in [-0.39, 0.29) is 5.41 Å². The van der Waals surface area contributed by atoms with Crippen molar-refractivity contribution in [3.05, 3.63) is 48.3 Å². The number of fused-ring (bicyclic) bond motifs is 1. The standard InChI is InChI=1S/C16H16N2O/c1-16(2,3)12-7-4-8-13-14(12)19-15(18-13)11-6-5-9-17-10-11/h4-10H,1-3H3. The summed E-state index contributed by atoms with van der Waals surface area (Å²) in [6.07, 6.45) is 3.51. The Morgan fingerprint density at radius 2 is 1.89 bits per heavy atom. The lowest BCUT2D eigenvalue weighted by Crippen LogP contribution is -2.10. The fourth-order valence-corrected chi connectivity index (χ4v) is 2.15. The molecule has 0 spiro atoms. The number of oxazole rings is 1. The van der Waals surface area contributed by atoms with Crippen LogP contribution in [0.1, 0.15) is 26.3 Å². The molecule has 0 amide bonds. The van der Waals surface area contributed by atoms with Crippen LogP contribution in [0.5, 0.6) is 0 Å². The largest absolute Gasteiger partial charge is 0.436 e. The Morgan fingerprint density at radius 1 is 1.05 bits per heavy atom. The summed E-state index contributed by atoms with van der Waals surface area (Å²) >= 11 is 0. The number of pyridine rings is 1. The van der Waals surface area contributed by atoms with Gasteiger partial charge in [0.2, 0.25) is 5.89 Å². The number of nitrogens with zero attached hydrogens (tertiary/aromatic N) is 2. The molecule has 1 aromatic carbocycles. The van der Waals surface area contributed by atoms with E-state index < -0.39 is 0 Å². The average Bonchev–Trinajstić information content (AvgIpc) is 2.82. The molecule has 2 heterocycles. The smallest absolute Gasteiger partial charge is 0.228 e. The third-order valence-electron chi connectivity index (χ3n) is 3.13. The van der Waals surface area contributed by atoms with Crippen LogP contribution in [0.15, 0.2) is 47.1 Å². The normalized spacial score (nSPS) is 11.9. The molecular formula is C16H16N2O. The summed E-state index contributed by atoms with van der Waals surface area (Å²) in [5.74, 6) is 0.625. The van der Waals surface area contributed by atoms with Gasteiger partial charge >= 0.3 is 0 Å². The summed E-state index contributed by atoms with van der Waals surface area (Å²) in [6.45, 7) is 6.52. The molecule has 96 valence electrons. The molecule has 3 aromatic rings. The summed E-state index contributed by atoms with van der Waals surface area (Å²) in [7, 11) is 0. The van der Waals surface area contributed by atoms with Crippen LogP contribution in [0.3, 0.4) is 0 Å². The second-order valence-electron chi connectivity index (χ2n) is 5.66. The van der Waals surface area contributed by atoms with E-state index in [0.29, 0.717) is 5.89 Å². The number of hydrogen-bond donors (Lipinski definition) is 0. The molecular weight excluding hydrogens is 236 g/mol. The lowest BCUT2D eigenvalue weighted by molar-refractivity contribution is 0.561. The van der Waals surface area contributed by atoms with E-state index >= 15 is 0 Å². The topological polar surface area (TPSA) is 38.9 Å². The molecule has 0 aliphatic carbocycles. The van der Waals surface area contributed by atoms with E-state index in [9.17, 15) is 0 Å². The highest BCUT2D eigenvalue weighted by Crippen LogP contribution is 2.32. The molecule has 0 aliphatic rings. The van der Waals surface area contributed by atoms with Gasteiger partial charge in [0.05, 0.1) is 5.56 Å². The molecule has 0 saturated heterocycles. The van der Waals surface area contributed by atoms with Crippen LogP contribution >= 0.6 is 0 Å². The Balaban J connectivity index is 2.22. The molecule has 0 atom stereocenters. The quantitative estimate of drug-likeness (QED) is 0.652. The molecule has 3 nitrogen and oxygen atoms in total. The highest BCUT2D eigenvalue weighted by atomic mass is 16.3. The lowest BCUT2D eigenvalue weighted by Gasteiger charge is -2.18. The summed E-state index contributed by atoms with van der Waals surface area (Å²) in [5, 5.41) is 0. The third kappa shape index (κ3) is 2.12. The van der Waals surface area contributed by atoms with Crippen molar-refractivity contribution in [3.63, 3.8) is 0 Å². The Bertz CT molecular complexity index is 708. The van der Waals surface area contributed by atoms with Gasteiger partial charge in [0.15, 0.2) is 5.58 Å². The van der Waals surface area contributed by atoms with Gasteiger partial charge in [-0.1, -0.05) is 32.9 Å². The maximum atomic E-state index is 5.96. The van der Waals surface area contributed by atoms with Crippen LogP contribution < -0.4 is 0 Å². The molecule has 3 heteroatoms. The first-order chi connectivity index (χ1) is 9.05. The van der Waals surface area contributed by atoms with Crippen molar-refractivity contribution in [3.8, 4) is 11.5 Å². The van der Waals surface area contributed by atoms with E-state index in [4.69, 9.17) is 4.42 Å². The van der Waals surface area contributed by atoms with Crippen LogP contribution in [0.2, 0.25) is 0 Å². The SMILES string of the molecule is CC(C)(C)c1cccc2nc(-c3cccnc3)oc12. The maximum Gasteiger partial charge on any atom is 0.228 e. The zero-order chi connectivity index (χ0) is 13.5. The van der Waals surface area contributed by atoms with Gasteiger partial charge in [-0.2, -0.15) is 0 Å². The van der Waals surface area contributed by atoms with Crippen molar-refractivity contribution in [2.75, 3.05) is 0 Å². The number of para-hydroxylation sites is 1. The van der Waals surface area contributed by atoms with Crippen LogP contribution in [0.25, 0.3) is 22.6 Å². The third-order valence-corrected chi connectivity index (χ3v) is 3.13. The summed E-state index contributed by atoms with van der Waals surface area (Å²) in [6, 6.07) is 9.94. The van der Waals surface area contributed by atoms with Gasteiger partial charge in [-0.3, -0.25) is 4.98 Å². The van der Waals surface area contributed by atoms with Gasteiger partial charge in [-0.05, 0) is 23.6 Å². The Kier molecular flexibility index (Phi) is 2.63. The van der Waals surface area contributed by atoms with Crippen molar-refractivity contribution in [1.82, 2.24) is 9.97 Å². The minimum absolute atomic E-state index is 0.0330. The fourth-order valence-electron chi connectivity index (χ4n) is 2.15. The van der Waals surface area contributed by atoms with Crippen LogP contribution in [0, 0.1) is 0 Å². The molecule has 0 fully saturated rings. The summed E-state index contributed by atoms with van der Waals surface area (Å²) in [5.41, 5.74) is 3.87. The summed E-state index contributed by atoms with van der Waals surface area (Å²) < 4.78 is 5.96. The molecule has 0 bridgehead atoms. The number of hydrogen-bond acceptors (Lipinski definition) is 3. The lowest BCUT2D eigenvalue weighted by atomic mass is 9.86. The Labute approximate surface area is 112 Å². The van der Waals surface area contributed by atoms with Gasteiger partial charge in [-0.25, -0.2) is 4.98 Å². The van der Waals surface area contributed by atoms with Crippen LogP contribution in [-0.2, 0) is 5.41 Å². The van der Waals surface area contributed by atoms with Crippen LogP contribution in [-0.4, -0.2) is 9.97 Å². The second kappa shape index (κ2) is 4.19. The molecule has 2 aromatic heterocycles. The van der Waals surface area contributed by atoms with Gasteiger partial charge in [0, 0.05) is 18.0 Å². The Hall–Kier alpha value is -2.16. The number of benzene rings is 1. The molecule has 0 N–H and O–H groups in total. The average molecular weight is 252 g/mol. The first-order valence-electron chi connectivity index (χ1n) is 6.36. The maximum absolute atomic E-state index is 5.96. The molecule has 0 radical (unpaired) electrons. The number of aromatic nitrogens is 2. The van der Waals surface area contributed by atoms with Crippen molar-refractivity contribution in [2.24, 2.45) is 0 Å². The summed E-state index contributed by atoms with van der Waals surface area (Å²) in [4.78, 5) is 8.65. The van der Waals surface area contributed by atoms with E-state index in [1.54, 1.807) is 12.4 Å². The first-order valence-corrected chi connectivity index (χ1v) is 6.36. The molecule has 0 aliphatic heterocycles. The highest BCUT2D eigenvalue weighted by molar-refractivity contribution is 5.80. The zero-order valence-electron chi connectivity index (χ0n) is 11.3. The van der Waals surface area contributed by atoms with Crippen LogP contribution in [0.4, 0.5) is 0 Å².